The summed E-state index contributed by atoms with van der Waals surface area (Å²) in [6, 6.07) is 6.24. The molecule has 0 bridgehead atoms. The van der Waals surface area contributed by atoms with Crippen LogP contribution in [0.2, 0.25) is 0 Å². The van der Waals surface area contributed by atoms with Crippen molar-refractivity contribution in [2.45, 2.75) is 51.2 Å². The fourth-order valence-electron chi connectivity index (χ4n) is 1.98. The Balaban J connectivity index is 2.68. The van der Waals surface area contributed by atoms with E-state index in [4.69, 9.17) is 5.11 Å². The Morgan fingerprint density at radius 1 is 1.05 bits per heavy atom. The Labute approximate surface area is 113 Å². The van der Waals surface area contributed by atoms with E-state index in [1.807, 2.05) is 0 Å². The SMILES string of the molecule is CC(C)(O)CCC[C@](C)(O)c1ccc(C(=O)O)cc1. The van der Waals surface area contributed by atoms with Gasteiger partial charge in [0, 0.05) is 0 Å². The van der Waals surface area contributed by atoms with Crippen LogP contribution in [0.15, 0.2) is 24.3 Å². The molecule has 0 saturated heterocycles. The van der Waals surface area contributed by atoms with Gasteiger partial charge in [-0.25, -0.2) is 4.79 Å². The third-order valence-electron chi connectivity index (χ3n) is 3.21. The van der Waals surface area contributed by atoms with Gasteiger partial charge in [-0.1, -0.05) is 12.1 Å². The Morgan fingerprint density at radius 3 is 2.00 bits per heavy atom. The highest BCUT2D eigenvalue weighted by Crippen LogP contribution is 2.28. The highest BCUT2D eigenvalue weighted by molar-refractivity contribution is 5.87. The van der Waals surface area contributed by atoms with Crippen LogP contribution in [0.3, 0.4) is 0 Å². The zero-order valence-corrected chi connectivity index (χ0v) is 11.7. The zero-order chi connectivity index (χ0) is 14.7. The van der Waals surface area contributed by atoms with Crippen molar-refractivity contribution in [3.63, 3.8) is 0 Å². The van der Waals surface area contributed by atoms with Crippen molar-refractivity contribution >= 4 is 5.97 Å². The molecule has 0 aliphatic heterocycles. The van der Waals surface area contributed by atoms with Crippen molar-refractivity contribution in [2.24, 2.45) is 0 Å². The molecule has 106 valence electrons. The minimum atomic E-state index is -1.01. The summed E-state index contributed by atoms with van der Waals surface area (Å²) < 4.78 is 0. The van der Waals surface area contributed by atoms with Crippen molar-refractivity contribution in [2.75, 3.05) is 0 Å². The Morgan fingerprint density at radius 2 is 1.58 bits per heavy atom. The largest absolute Gasteiger partial charge is 0.478 e. The fourth-order valence-corrected chi connectivity index (χ4v) is 1.98. The van der Waals surface area contributed by atoms with E-state index in [1.165, 1.54) is 12.1 Å². The monoisotopic (exact) mass is 266 g/mol. The molecule has 3 N–H and O–H groups in total. The summed E-state index contributed by atoms with van der Waals surface area (Å²) in [5.74, 6) is -0.978. The molecule has 1 atom stereocenters. The molecule has 0 fully saturated rings. The number of hydrogen-bond donors (Lipinski definition) is 3. The third kappa shape index (κ3) is 5.01. The molecule has 1 aromatic carbocycles. The van der Waals surface area contributed by atoms with Gasteiger partial charge in [0.05, 0.1) is 16.8 Å². The maximum Gasteiger partial charge on any atom is 0.335 e. The summed E-state index contributed by atoms with van der Waals surface area (Å²) in [7, 11) is 0. The second-order valence-electron chi connectivity index (χ2n) is 5.82. The predicted octanol–water partition coefficient (Wildman–Crippen LogP) is 2.53. The molecule has 0 radical (unpaired) electrons. The number of carbonyl (C=O) groups is 1. The molecule has 0 saturated carbocycles. The standard InChI is InChI=1S/C15H22O4/c1-14(2,18)9-4-10-15(3,19)12-7-5-11(6-8-12)13(16)17/h5-8,18-19H,4,9-10H2,1-3H3,(H,16,17)/t15-/m0/s1. The summed E-state index contributed by atoms with van der Waals surface area (Å²) in [5, 5.41) is 28.8. The normalized spacial score (nSPS) is 15.0. The molecule has 4 nitrogen and oxygen atoms in total. The number of carboxylic acid groups (broad SMARTS) is 1. The lowest BCUT2D eigenvalue weighted by Gasteiger charge is -2.26. The van der Waals surface area contributed by atoms with Gasteiger partial charge in [-0.3, -0.25) is 0 Å². The molecule has 0 aliphatic carbocycles. The van der Waals surface area contributed by atoms with Gasteiger partial charge < -0.3 is 15.3 Å². The van der Waals surface area contributed by atoms with Crippen LogP contribution >= 0.6 is 0 Å². The van der Waals surface area contributed by atoms with Crippen LogP contribution in [-0.2, 0) is 5.60 Å². The first-order chi connectivity index (χ1) is 8.62. The van der Waals surface area contributed by atoms with E-state index in [1.54, 1.807) is 32.9 Å². The van der Waals surface area contributed by atoms with Crippen molar-refractivity contribution in [1.29, 1.82) is 0 Å². The van der Waals surface area contributed by atoms with Crippen LogP contribution in [0.25, 0.3) is 0 Å². The van der Waals surface area contributed by atoms with Crippen LogP contribution in [0.1, 0.15) is 56.0 Å². The van der Waals surface area contributed by atoms with E-state index in [0.717, 1.165) is 0 Å². The van der Waals surface area contributed by atoms with Crippen molar-refractivity contribution in [3.05, 3.63) is 35.4 Å². The van der Waals surface area contributed by atoms with Gasteiger partial charge >= 0.3 is 5.97 Å². The number of aliphatic hydroxyl groups is 2. The van der Waals surface area contributed by atoms with E-state index in [-0.39, 0.29) is 5.56 Å². The summed E-state index contributed by atoms with van der Waals surface area (Å²) >= 11 is 0. The number of carboxylic acids is 1. The first kappa shape index (κ1) is 15.7. The minimum Gasteiger partial charge on any atom is -0.478 e. The quantitative estimate of drug-likeness (QED) is 0.739. The average molecular weight is 266 g/mol. The van der Waals surface area contributed by atoms with Gasteiger partial charge in [0.2, 0.25) is 0 Å². The maximum absolute atomic E-state index is 10.8. The molecule has 0 spiro atoms. The van der Waals surface area contributed by atoms with E-state index in [0.29, 0.717) is 24.8 Å². The molecule has 0 heterocycles. The van der Waals surface area contributed by atoms with E-state index >= 15 is 0 Å². The van der Waals surface area contributed by atoms with Gasteiger partial charge in [0.1, 0.15) is 0 Å². The number of aromatic carboxylic acids is 1. The third-order valence-corrected chi connectivity index (χ3v) is 3.21. The zero-order valence-electron chi connectivity index (χ0n) is 11.7. The molecule has 0 aliphatic rings. The highest BCUT2D eigenvalue weighted by atomic mass is 16.4. The van der Waals surface area contributed by atoms with Gasteiger partial charge in [0.15, 0.2) is 0 Å². The minimum absolute atomic E-state index is 0.205. The molecule has 0 amide bonds. The van der Waals surface area contributed by atoms with Gasteiger partial charge in [-0.2, -0.15) is 0 Å². The van der Waals surface area contributed by atoms with Crippen molar-refractivity contribution < 1.29 is 20.1 Å². The Hall–Kier alpha value is -1.39. The van der Waals surface area contributed by atoms with Crippen LogP contribution in [-0.4, -0.2) is 26.9 Å². The lowest BCUT2D eigenvalue weighted by molar-refractivity contribution is 0.0270. The van der Waals surface area contributed by atoms with E-state index in [9.17, 15) is 15.0 Å². The lowest BCUT2D eigenvalue weighted by Crippen LogP contribution is -2.24. The fraction of sp³-hybridized carbons (Fsp3) is 0.533. The topological polar surface area (TPSA) is 77.8 Å². The number of rotatable bonds is 6. The average Bonchev–Trinajstić information content (AvgIpc) is 2.27. The summed E-state index contributed by atoms with van der Waals surface area (Å²) in [5.41, 5.74) is -0.852. The second-order valence-corrected chi connectivity index (χ2v) is 5.82. The lowest BCUT2D eigenvalue weighted by atomic mass is 9.88. The molecular weight excluding hydrogens is 244 g/mol. The molecule has 4 heteroatoms. The van der Waals surface area contributed by atoms with Crippen LogP contribution < -0.4 is 0 Å². The maximum atomic E-state index is 10.8. The van der Waals surface area contributed by atoms with Crippen LogP contribution in [0.5, 0.6) is 0 Å². The molecule has 1 rings (SSSR count). The number of benzene rings is 1. The van der Waals surface area contributed by atoms with Crippen LogP contribution in [0.4, 0.5) is 0 Å². The summed E-state index contributed by atoms with van der Waals surface area (Å²) in [6.45, 7) is 5.18. The van der Waals surface area contributed by atoms with Gasteiger partial charge in [-0.15, -0.1) is 0 Å². The van der Waals surface area contributed by atoms with Crippen LogP contribution in [0, 0.1) is 0 Å². The van der Waals surface area contributed by atoms with Gasteiger partial charge in [0.25, 0.3) is 0 Å². The van der Waals surface area contributed by atoms with Crippen molar-refractivity contribution in [3.8, 4) is 0 Å². The molecule has 1 aromatic rings. The summed E-state index contributed by atoms with van der Waals surface area (Å²) in [4.78, 5) is 10.8. The molecule has 0 unspecified atom stereocenters. The summed E-state index contributed by atoms with van der Waals surface area (Å²) in [6.07, 6.45) is 1.82. The highest BCUT2D eigenvalue weighted by Gasteiger charge is 2.24. The van der Waals surface area contributed by atoms with Crippen molar-refractivity contribution in [1.82, 2.24) is 0 Å². The Kier molecular flexibility index (Phi) is 4.71. The van der Waals surface area contributed by atoms with Gasteiger partial charge in [-0.05, 0) is 57.7 Å². The van der Waals surface area contributed by atoms with E-state index < -0.39 is 17.2 Å². The smallest absolute Gasteiger partial charge is 0.335 e. The molecule has 0 aromatic heterocycles. The van der Waals surface area contributed by atoms with E-state index in [2.05, 4.69) is 0 Å². The molecule has 19 heavy (non-hydrogen) atoms. The first-order valence-corrected chi connectivity index (χ1v) is 6.40. The molecular formula is C15H22O4. The second kappa shape index (κ2) is 5.72. The number of hydrogen-bond acceptors (Lipinski definition) is 3. The predicted molar refractivity (Wildman–Crippen MR) is 73.1 cm³/mol. The first-order valence-electron chi connectivity index (χ1n) is 6.40. The Bertz CT molecular complexity index is 426.